The van der Waals surface area contributed by atoms with Gasteiger partial charge in [0.15, 0.2) is 0 Å². The molecule has 10 heavy (non-hydrogen) atoms. The lowest BCUT2D eigenvalue weighted by atomic mass is 10.3. The molecule has 0 aliphatic carbocycles. The first-order chi connectivity index (χ1) is 4.70. The van der Waals surface area contributed by atoms with Crippen LogP contribution < -0.4 is 0 Å². The minimum absolute atomic E-state index is 0.0833. The number of nitro groups is 1. The van der Waals surface area contributed by atoms with Crippen molar-refractivity contribution in [1.29, 1.82) is 0 Å². The van der Waals surface area contributed by atoms with E-state index in [0.29, 0.717) is 5.56 Å². The fourth-order valence-corrected chi connectivity index (χ4v) is 0.579. The zero-order valence-corrected chi connectivity index (χ0v) is 5.37. The van der Waals surface area contributed by atoms with Crippen LogP contribution in [0.3, 0.4) is 0 Å². The van der Waals surface area contributed by atoms with Gasteiger partial charge in [-0.05, 0) is 12.5 Å². The molecular formula is C6H5N2O2. The Kier molecular flexibility index (Phi) is 1.62. The van der Waals surface area contributed by atoms with Crippen molar-refractivity contribution in [3.05, 3.63) is 34.1 Å². The van der Waals surface area contributed by atoms with E-state index in [1.54, 1.807) is 6.92 Å². The van der Waals surface area contributed by atoms with Gasteiger partial charge in [-0.15, -0.1) is 0 Å². The van der Waals surface area contributed by atoms with E-state index in [1.165, 1.54) is 12.4 Å². The molecule has 51 valence electrons. The van der Waals surface area contributed by atoms with Gasteiger partial charge < -0.3 is 0 Å². The molecule has 0 amide bonds. The molecular weight excluding hydrogens is 132 g/mol. The topological polar surface area (TPSA) is 56.0 Å². The number of aromatic nitrogens is 1. The Hall–Kier alpha value is -1.45. The molecule has 4 heteroatoms. The zero-order chi connectivity index (χ0) is 7.56. The van der Waals surface area contributed by atoms with Crippen LogP contribution in [-0.4, -0.2) is 9.91 Å². The fourth-order valence-electron chi connectivity index (χ4n) is 0.579. The van der Waals surface area contributed by atoms with Crippen molar-refractivity contribution in [3.63, 3.8) is 0 Å². The minimum Gasteiger partial charge on any atom is -0.258 e. The molecule has 0 aliphatic rings. The molecule has 0 spiro atoms. The SMILES string of the molecule is Cc1[c]c([N+](=O)[O-])cnc1. The normalized spacial score (nSPS) is 9.30. The minimum atomic E-state index is -0.514. The molecule has 0 fully saturated rings. The second-order valence-electron chi connectivity index (χ2n) is 1.86. The highest BCUT2D eigenvalue weighted by molar-refractivity contribution is 5.26. The Morgan fingerprint density at radius 3 is 2.80 bits per heavy atom. The number of pyridine rings is 1. The van der Waals surface area contributed by atoms with Gasteiger partial charge >= 0.3 is 0 Å². The summed E-state index contributed by atoms with van der Waals surface area (Å²) in [6, 6.07) is 2.55. The molecule has 1 aromatic heterocycles. The molecule has 0 atom stereocenters. The summed E-state index contributed by atoms with van der Waals surface area (Å²) in [5.41, 5.74) is 0.592. The van der Waals surface area contributed by atoms with Crippen LogP contribution in [0.25, 0.3) is 0 Å². The molecule has 0 saturated carbocycles. The Morgan fingerprint density at radius 1 is 1.70 bits per heavy atom. The van der Waals surface area contributed by atoms with E-state index in [0.717, 1.165) is 0 Å². The Bertz CT molecular complexity index is 260. The third-order valence-corrected chi connectivity index (χ3v) is 0.987. The molecule has 4 nitrogen and oxygen atoms in total. The maximum Gasteiger partial charge on any atom is 0.295 e. The average Bonchev–Trinajstić information content (AvgIpc) is 1.88. The second kappa shape index (κ2) is 2.43. The first-order valence-electron chi connectivity index (χ1n) is 2.68. The first-order valence-corrected chi connectivity index (χ1v) is 2.68. The average molecular weight is 137 g/mol. The van der Waals surface area contributed by atoms with Crippen molar-refractivity contribution in [3.8, 4) is 0 Å². The molecule has 1 aromatic rings. The number of rotatable bonds is 1. The van der Waals surface area contributed by atoms with Gasteiger partial charge in [0, 0.05) is 6.20 Å². The van der Waals surface area contributed by atoms with Crippen LogP contribution >= 0.6 is 0 Å². The van der Waals surface area contributed by atoms with E-state index in [-0.39, 0.29) is 5.69 Å². The number of hydrogen-bond donors (Lipinski definition) is 0. The largest absolute Gasteiger partial charge is 0.295 e. The van der Waals surface area contributed by atoms with Gasteiger partial charge in [-0.1, -0.05) is 0 Å². The Labute approximate surface area is 57.7 Å². The molecule has 0 bridgehead atoms. The third kappa shape index (κ3) is 1.28. The molecule has 0 N–H and O–H groups in total. The molecule has 1 heterocycles. The van der Waals surface area contributed by atoms with Gasteiger partial charge in [-0.25, -0.2) is 0 Å². The van der Waals surface area contributed by atoms with Crippen molar-refractivity contribution in [2.24, 2.45) is 0 Å². The van der Waals surface area contributed by atoms with Gasteiger partial charge in [-0.2, -0.15) is 0 Å². The first kappa shape index (κ1) is 6.67. The number of hydrogen-bond acceptors (Lipinski definition) is 3. The van der Waals surface area contributed by atoms with Gasteiger partial charge in [0.25, 0.3) is 5.69 Å². The maximum atomic E-state index is 10.1. The van der Waals surface area contributed by atoms with Crippen molar-refractivity contribution in [2.75, 3.05) is 0 Å². The summed E-state index contributed by atoms with van der Waals surface area (Å²) in [4.78, 5) is 13.2. The monoisotopic (exact) mass is 137 g/mol. The maximum absolute atomic E-state index is 10.1. The number of aryl methyl sites for hydroxylation is 1. The lowest BCUT2D eigenvalue weighted by molar-refractivity contribution is -0.385. The van der Waals surface area contributed by atoms with Crippen LogP contribution in [0.15, 0.2) is 12.4 Å². The summed E-state index contributed by atoms with van der Waals surface area (Å²) < 4.78 is 0. The Balaban J connectivity index is 3.07. The molecule has 1 radical (unpaired) electrons. The lowest BCUT2D eigenvalue weighted by Crippen LogP contribution is -1.89. The molecule has 0 saturated heterocycles. The highest BCUT2D eigenvalue weighted by Gasteiger charge is 2.03. The van der Waals surface area contributed by atoms with Gasteiger partial charge in [0.05, 0.1) is 11.0 Å². The molecule has 0 aliphatic heterocycles. The summed E-state index contributed by atoms with van der Waals surface area (Å²) in [5, 5.41) is 10.1. The number of nitrogens with zero attached hydrogens (tertiary/aromatic N) is 2. The standard InChI is InChI=1S/C6H5N2O2/c1-5-2-6(8(9)10)4-7-3-5/h3-4H,1H3. The predicted molar refractivity (Wildman–Crippen MR) is 34.5 cm³/mol. The van der Waals surface area contributed by atoms with Crippen molar-refractivity contribution < 1.29 is 4.92 Å². The quantitative estimate of drug-likeness (QED) is 0.430. The van der Waals surface area contributed by atoms with Gasteiger partial charge in [0.1, 0.15) is 6.20 Å². The lowest BCUT2D eigenvalue weighted by Gasteiger charge is -1.89. The Morgan fingerprint density at radius 2 is 2.40 bits per heavy atom. The van der Waals surface area contributed by atoms with Gasteiger partial charge in [0.2, 0.25) is 0 Å². The molecule has 0 aromatic carbocycles. The second-order valence-corrected chi connectivity index (χ2v) is 1.86. The van der Waals surface area contributed by atoms with E-state index in [2.05, 4.69) is 11.1 Å². The zero-order valence-electron chi connectivity index (χ0n) is 5.37. The van der Waals surface area contributed by atoms with Crippen LogP contribution in [0.2, 0.25) is 0 Å². The van der Waals surface area contributed by atoms with E-state index in [9.17, 15) is 10.1 Å². The van der Waals surface area contributed by atoms with Crippen molar-refractivity contribution >= 4 is 5.69 Å². The van der Waals surface area contributed by atoms with E-state index < -0.39 is 4.92 Å². The molecule has 1 rings (SSSR count). The summed E-state index contributed by atoms with van der Waals surface area (Å²) in [6.45, 7) is 1.71. The third-order valence-electron chi connectivity index (χ3n) is 0.987. The fraction of sp³-hybridized carbons (Fsp3) is 0.167. The van der Waals surface area contributed by atoms with Gasteiger partial charge in [-0.3, -0.25) is 15.1 Å². The summed E-state index contributed by atoms with van der Waals surface area (Å²) in [7, 11) is 0. The van der Waals surface area contributed by atoms with Crippen molar-refractivity contribution in [2.45, 2.75) is 6.92 Å². The summed E-state index contributed by atoms with van der Waals surface area (Å²) in [5.74, 6) is 0. The predicted octanol–water partition coefficient (Wildman–Crippen LogP) is 1.10. The van der Waals surface area contributed by atoms with Crippen molar-refractivity contribution in [1.82, 2.24) is 4.98 Å². The van der Waals surface area contributed by atoms with Crippen LogP contribution in [0, 0.1) is 23.1 Å². The summed E-state index contributed by atoms with van der Waals surface area (Å²) in [6.07, 6.45) is 2.69. The van der Waals surface area contributed by atoms with E-state index in [1.807, 2.05) is 0 Å². The van der Waals surface area contributed by atoms with E-state index in [4.69, 9.17) is 0 Å². The van der Waals surface area contributed by atoms with Crippen LogP contribution in [0.5, 0.6) is 0 Å². The smallest absolute Gasteiger partial charge is 0.258 e. The highest BCUT2D eigenvalue weighted by Crippen LogP contribution is 2.07. The van der Waals surface area contributed by atoms with E-state index >= 15 is 0 Å². The highest BCUT2D eigenvalue weighted by atomic mass is 16.6. The van der Waals surface area contributed by atoms with Crippen LogP contribution in [-0.2, 0) is 0 Å². The molecule has 0 unspecified atom stereocenters. The van der Waals surface area contributed by atoms with Crippen LogP contribution in [0.1, 0.15) is 5.56 Å². The van der Waals surface area contributed by atoms with Crippen LogP contribution in [0.4, 0.5) is 5.69 Å². The summed E-state index contributed by atoms with van der Waals surface area (Å²) >= 11 is 0.